The molecule has 0 bridgehead atoms. The summed E-state index contributed by atoms with van der Waals surface area (Å²) in [5, 5.41) is 13.1. The third-order valence-electron chi connectivity index (χ3n) is 3.08. The first kappa shape index (κ1) is 13.9. The third kappa shape index (κ3) is 4.00. The monoisotopic (exact) mass is 319 g/mol. The lowest BCUT2D eigenvalue weighted by Gasteiger charge is -2.16. The average Bonchev–Trinajstić information content (AvgIpc) is 2.37. The van der Waals surface area contributed by atoms with Gasteiger partial charge in [-0.1, -0.05) is 34.1 Å². The second-order valence-corrected chi connectivity index (χ2v) is 5.79. The molecule has 0 radical (unpaired) electrons. The van der Waals surface area contributed by atoms with E-state index in [9.17, 15) is 5.11 Å². The highest BCUT2D eigenvalue weighted by Gasteiger charge is 2.05. The molecule has 19 heavy (non-hydrogen) atoms. The van der Waals surface area contributed by atoms with Gasteiger partial charge >= 0.3 is 0 Å². The van der Waals surface area contributed by atoms with Gasteiger partial charge in [-0.15, -0.1) is 0 Å². The van der Waals surface area contributed by atoms with Crippen LogP contribution in [0.3, 0.4) is 0 Å². The first-order valence-electron chi connectivity index (χ1n) is 6.35. The molecule has 0 aromatic heterocycles. The number of phenolic OH excluding ortho intramolecular Hbond substituents is 1. The number of phenols is 1. The van der Waals surface area contributed by atoms with E-state index < -0.39 is 0 Å². The summed E-state index contributed by atoms with van der Waals surface area (Å²) in [6.07, 6.45) is 0.946. The highest BCUT2D eigenvalue weighted by molar-refractivity contribution is 9.10. The molecule has 0 fully saturated rings. The first-order chi connectivity index (χ1) is 9.04. The summed E-state index contributed by atoms with van der Waals surface area (Å²) in [7, 11) is 0. The van der Waals surface area contributed by atoms with Gasteiger partial charge < -0.3 is 10.4 Å². The van der Waals surface area contributed by atoms with Gasteiger partial charge in [0.05, 0.1) is 0 Å². The molecule has 0 amide bonds. The summed E-state index contributed by atoms with van der Waals surface area (Å²) in [5.41, 5.74) is 3.14. The van der Waals surface area contributed by atoms with E-state index in [0.29, 0.717) is 11.8 Å². The smallest absolute Gasteiger partial charge is 0.120 e. The number of aromatic hydroxyl groups is 1. The lowest BCUT2D eigenvalue weighted by molar-refractivity contribution is 0.471. The van der Waals surface area contributed by atoms with Crippen LogP contribution in [0, 0.1) is 6.92 Å². The quantitative estimate of drug-likeness (QED) is 0.869. The molecule has 0 aliphatic carbocycles. The van der Waals surface area contributed by atoms with Crippen molar-refractivity contribution in [3.63, 3.8) is 0 Å². The van der Waals surface area contributed by atoms with Gasteiger partial charge in [-0.2, -0.15) is 0 Å². The summed E-state index contributed by atoms with van der Waals surface area (Å²) in [6.45, 7) is 4.03. The Labute approximate surface area is 122 Å². The SMILES string of the molecule is Cc1ccc(NC(C)Cc2ccc(Br)cc2)cc1O. The summed E-state index contributed by atoms with van der Waals surface area (Å²) < 4.78 is 1.10. The van der Waals surface area contributed by atoms with E-state index in [2.05, 4.69) is 52.4 Å². The minimum Gasteiger partial charge on any atom is -0.508 e. The van der Waals surface area contributed by atoms with Gasteiger partial charge in [0.25, 0.3) is 0 Å². The van der Waals surface area contributed by atoms with E-state index >= 15 is 0 Å². The maximum Gasteiger partial charge on any atom is 0.120 e. The molecule has 3 heteroatoms. The Hall–Kier alpha value is -1.48. The fraction of sp³-hybridized carbons (Fsp3) is 0.250. The summed E-state index contributed by atoms with van der Waals surface area (Å²) in [5.74, 6) is 0.334. The van der Waals surface area contributed by atoms with E-state index in [1.165, 1.54) is 5.56 Å². The summed E-state index contributed by atoms with van der Waals surface area (Å²) >= 11 is 3.44. The molecular formula is C16H18BrNO. The molecule has 2 nitrogen and oxygen atoms in total. The Morgan fingerprint density at radius 2 is 1.84 bits per heavy atom. The molecule has 2 rings (SSSR count). The van der Waals surface area contributed by atoms with Crippen LogP contribution in [0.25, 0.3) is 0 Å². The molecule has 0 saturated carbocycles. The molecule has 2 aromatic rings. The topological polar surface area (TPSA) is 32.3 Å². The van der Waals surface area contributed by atoms with E-state index in [4.69, 9.17) is 0 Å². The predicted octanol–water partition coefficient (Wildman–Crippen LogP) is 4.51. The van der Waals surface area contributed by atoms with Crippen LogP contribution in [0.4, 0.5) is 5.69 Å². The van der Waals surface area contributed by atoms with Crippen molar-refractivity contribution in [2.75, 3.05) is 5.32 Å². The third-order valence-corrected chi connectivity index (χ3v) is 3.61. The Bertz CT molecular complexity index is 551. The number of hydrogen-bond donors (Lipinski definition) is 2. The molecule has 0 aliphatic heterocycles. The second-order valence-electron chi connectivity index (χ2n) is 4.88. The molecule has 0 spiro atoms. The van der Waals surface area contributed by atoms with Gasteiger partial charge in [0, 0.05) is 22.3 Å². The largest absolute Gasteiger partial charge is 0.508 e. The van der Waals surface area contributed by atoms with Crippen LogP contribution in [0.5, 0.6) is 5.75 Å². The zero-order chi connectivity index (χ0) is 13.8. The van der Waals surface area contributed by atoms with Gasteiger partial charge in [0.2, 0.25) is 0 Å². The predicted molar refractivity (Wildman–Crippen MR) is 83.8 cm³/mol. The van der Waals surface area contributed by atoms with Gasteiger partial charge in [0.1, 0.15) is 5.75 Å². The normalized spacial score (nSPS) is 12.2. The van der Waals surface area contributed by atoms with E-state index in [1.807, 2.05) is 19.1 Å². The number of halogens is 1. The summed E-state index contributed by atoms with van der Waals surface area (Å²) in [4.78, 5) is 0. The van der Waals surface area contributed by atoms with Crippen molar-refractivity contribution in [2.24, 2.45) is 0 Å². The molecule has 2 aromatic carbocycles. The number of nitrogens with one attached hydrogen (secondary N) is 1. The molecular weight excluding hydrogens is 302 g/mol. The zero-order valence-electron chi connectivity index (χ0n) is 11.2. The van der Waals surface area contributed by atoms with Crippen molar-refractivity contribution in [1.82, 2.24) is 0 Å². The standard InChI is InChI=1S/C16H18BrNO/c1-11-3-8-15(10-16(11)19)18-12(2)9-13-4-6-14(17)7-5-13/h3-8,10,12,18-19H,9H2,1-2H3. The Morgan fingerprint density at radius 3 is 2.47 bits per heavy atom. The maximum absolute atomic E-state index is 9.69. The molecule has 0 aliphatic rings. The Kier molecular flexibility index (Phi) is 4.48. The van der Waals surface area contributed by atoms with Crippen molar-refractivity contribution in [1.29, 1.82) is 0 Å². The van der Waals surface area contributed by atoms with Gasteiger partial charge in [-0.25, -0.2) is 0 Å². The lowest BCUT2D eigenvalue weighted by atomic mass is 10.1. The van der Waals surface area contributed by atoms with Crippen LogP contribution in [0.1, 0.15) is 18.1 Å². The Balaban J connectivity index is 1.98. The highest BCUT2D eigenvalue weighted by Crippen LogP contribution is 2.22. The average molecular weight is 320 g/mol. The van der Waals surface area contributed by atoms with Crippen molar-refractivity contribution in [3.8, 4) is 5.75 Å². The molecule has 0 saturated heterocycles. The molecule has 100 valence electrons. The zero-order valence-corrected chi connectivity index (χ0v) is 12.7. The lowest BCUT2D eigenvalue weighted by Crippen LogP contribution is -2.17. The van der Waals surface area contributed by atoms with Crippen molar-refractivity contribution in [3.05, 3.63) is 58.1 Å². The molecule has 0 heterocycles. The maximum atomic E-state index is 9.69. The molecule has 2 N–H and O–H groups in total. The van der Waals surface area contributed by atoms with E-state index in [0.717, 1.165) is 22.1 Å². The number of hydrogen-bond acceptors (Lipinski definition) is 2. The highest BCUT2D eigenvalue weighted by atomic mass is 79.9. The number of rotatable bonds is 4. The van der Waals surface area contributed by atoms with Crippen LogP contribution in [0.2, 0.25) is 0 Å². The molecule has 1 atom stereocenters. The van der Waals surface area contributed by atoms with Crippen LogP contribution in [0.15, 0.2) is 46.9 Å². The number of anilines is 1. The minimum atomic E-state index is 0.309. The van der Waals surface area contributed by atoms with Crippen molar-refractivity contribution >= 4 is 21.6 Å². The van der Waals surface area contributed by atoms with Gasteiger partial charge in [-0.3, -0.25) is 0 Å². The first-order valence-corrected chi connectivity index (χ1v) is 7.14. The van der Waals surface area contributed by atoms with Crippen molar-refractivity contribution < 1.29 is 5.11 Å². The van der Waals surface area contributed by atoms with E-state index in [-0.39, 0.29) is 0 Å². The Morgan fingerprint density at radius 1 is 1.16 bits per heavy atom. The second kappa shape index (κ2) is 6.11. The van der Waals surface area contributed by atoms with Crippen LogP contribution in [-0.2, 0) is 6.42 Å². The fourth-order valence-corrected chi connectivity index (χ4v) is 2.27. The van der Waals surface area contributed by atoms with Crippen LogP contribution < -0.4 is 5.32 Å². The molecule has 1 unspecified atom stereocenters. The van der Waals surface area contributed by atoms with Gasteiger partial charge in [0.15, 0.2) is 0 Å². The minimum absolute atomic E-state index is 0.309. The van der Waals surface area contributed by atoms with Crippen molar-refractivity contribution in [2.45, 2.75) is 26.3 Å². The van der Waals surface area contributed by atoms with E-state index in [1.54, 1.807) is 6.07 Å². The summed E-state index contributed by atoms with van der Waals surface area (Å²) in [6, 6.07) is 14.3. The number of aryl methyl sites for hydroxylation is 1. The fourth-order valence-electron chi connectivity index (χ4n) is 2.01. The van der Waals surface area contributed by atoms with Crippen LogP contribution in [-0.4, -0.2) is 11.1 Å². The van der Waals surface area contributed by atoms with Crippen LogP contribution >= 0.6 is 15.9 Å². The van der Waals surface area contributed by atoms with Gasteiger partial charge in [-0.05, 0) is 49.6 Å². The number of benzene rings is 2.